The second-order valence-electron chi connectivity index (χ2n) is 7.80. The van der Waals surface area contributed by atoms with E-state index >= 15 is 0 Å². The molecule has 0 aliphatic rings. The van der Waals surface area contributed by atoms with Crippen molar-refractivity contribution in [1.82, 2.24) is 9.97 Å². The van der Waals surface area contributed by atoms with Crippen LogP contribution in [0.1, 0.15) is 30.5 Å². The van der Waals surface area contributed by atoms with Gasteiger partial charge in [0.25, 0.3) is 0 Å². The minimum atomic E-state index is 0.0314. The summed E-state index contributed by atoms with van der Waals surface area (Å²) in [5, 5.41) is 1.26. The third-order valence-electron chi connectivity index (χ3n) is 4.78. The van der Waals surface area contributed by atoms with Crippen LogP contribution in [0.25, 0.3) is 10.2 Å². The molecule has 0 aliphatic carbocycles. The van der Waals surface area contributed by atoms with Gasteiger partial charge in [-0.2, -0.15) is 0 Å². The van der Waals surface area contributed by atoms with E-state index in [1.165, 1.54) is 10.5 Å². The molecule has 0 fully saturated rings. The van der Waals surface area contributed by atoms with Crippen LogP contribution in [0.5, 0.6) is 0 Å². The van der Waals surface area contributed by atoms with Crippen molar-refractivity contribution in [2.45, 2.75) is 43.9 Å². The summed E-state index contributed by atoms with van der Waals surface area (Å²) in [4.78, 5) is 25.4. The summed E-state index contributed by atoms with van der Waals surface area (Å²) < 4.78 is 1.09. The number of amides is 1. The molecular weight excluding hydrogens is 422 g/mol. The first-order chi connectivity index (χ1) is 15.0. The van der Waals surface area contributed by atoms with Crippen LogP contribution in [-0.4, -0.2) is 21.1 Å². The van der Waals surface area contributed by atoms with Gasteiger partial charge in [0, 0.05) is 22.5 Å². The molecule has 0 unspecified atom stereocenters. The van der Waals surface area contributed by atoms with Crippen molar-refractivity contribution in [3.8, 4) is 0 Å². The second kappa shape index (κ2) is 9.62. The number of aryl methyl sites for hydroxylation is 1. The first-order valence-electron chi connectivity index (χ1n) is 10.3. The highest BCUT2D eigenvalue weighted by molar-refractivity contribution is 7.99. The van der Waals surface area contributed by atoms with Gasteiger partial charge in [-0.3, -0.25) is 14.7 Å². The highest BCUT2D eigenvalue weighted by Gasteiger charge is 2.21. The van der Waals surface area contributed by atoms with Gasteiger partial charge in [0.15, 0.2) is 5.13 Å². The Labute approximate surface area is 191 Å². The maximum atomic E-state index is 13.4. The summed E-state index contributed by atoms with van der Waals surface area (Å²) in [6.45, 7) is 6.88. The minimum Gasteiger partial charge on any atom is -0.283 e. The number of nitrogens with zero attached hydrogens (tertiary/aromatic N) is 3. The zero-order valence-electron chi connectivity index (χ0n) is 17.9. The monoisotopic (exact) mass is 447 g/mol. The van der Waals surface area contributed by atoms with Crippen LogP contribution < -0.4 is 4.90 Å². The Hall–Kier alpha value is -2.70. The average Bonchev–Trinajstić information content (AvgIpc) is 3.16. The van der Waals surface area contributed by atoms with E-state index in [4.69, 9.17) is 4.98 Å². The third kappa shape index (κ3) is 5.51. The number of carbonyl (C=O) groups is 1. The number of anilines is 1. The lowest BCUT2D eigenvalue weighted by atomic mass is 10.1. The molecule has 2 heterocycles. The number of rotatable bonds is 7. The second-order valence-corrected chi connectivity index (χ2v) is 10.5. The molecule has 0 saturated heterocycles. The first-order valence-corrected chi connectivity index (χ1v) is 12.0. The first kappa shape index (κ1) is 21.5. The Balaban J connectivity index is 1.60. The summed E-state index contributed by atoms with van der Waals surface area (Å²) in [5.74, 6) is 0.0314. The quantitative estimate of drug-likeness (QED) is 0.313. The van der Waals surface area contributed by atoms with Gasteiger partial charge < -0.3 is 0 Å². The number of hydrogen-bond donors (Lipinski definition) is 0. The molecule has 4 nitrogen and oxygen atoms in total. The van der Waals surface area contributed by atoms with Crippen molar-refractivity contribution >= 4 is 44.4 Å². The van der Waals surface area contributed by atoms with Gasteiger partial charge >= 0.3 is 0 Å². The fourth-order valence-electron chi connectivity index (χ4n) is 3.30. The zero-order chi connectivity index (χ0) is 21.8. The largest absolute Gasteiger partial charge is 0.283 e. The SMILES string of the molecule is Cc1ccc2nc(N(Cc3cccnc3)C(=O)Cc3ccc(SC(C)C)cc3)sc2c1. The molecular formula is C25H25N3OS2. The third-order valence-corrected chi connectivity index (χ3v) is 6.84. The van der Waals surface area contributed by atoms with Crippen molar-refractivity contribution in [2.75, 3.05) is 4.90 Å². The molecule has 0 bridgehead atoms. The standard InChI is InChI=1S/C25H25N3OS2/c1-17(2)30-21-9-7-19(8-10-21)14-24(29)28(16-20-5-4-12-26-15-20)25-27-22-11-6-18(3)13-23(22)31-25/h4-13,15,17H,14,16H2,1-3H3. The van der Waals surface area contributed by atoms with Crippen molar-refractivity contribution < 1.29 is 4.79 Å². The van der Waals surface area contributed by atoms with E-state index in [0.29, 0.717) is 18.2 Å². The van der Waals surface area contributed by atoms with Crippen molar-refractivity contribution in [2.24, 2.45) is 0 Å². The van der Waals surface area contributed by atoms with Crippen LogP contribution in [0.3, 0.4) is 0 Å². The predicted octanol–water partition coefficient (Wildman–Crippen LogP) is 6.28. The molecule has 1 amide bonds. The fraction of sp³-hybridized carbons (Fsp3) is 0.240. The Morgan fingerprint density at radius 1 is 1.10 bits per heavy atom. The van der Waals surface area contributed by atoms with Crippen LogP contribution in [0.4, 0.5) is 5.13 Å². The molecule has 0 spiro atoms. The van der Waals surface area contributed by atoms with Crippen LogP contribution in [0.15, 0.2) is 71.9 Å². The number of hydrogen-bond acceptors (Lipinski definition) is 5. The summed E-state index contributed by atoms with van der Waals surface area (Å²) in [6, 6.07) is 18.4. The van der Waals surface area contributed by atoms with E-state index in [9.17, 15) is 4.79 Å². The van der Waals surface area contributed by atoms with E-state index in [-0.39, 0.29) is 5.91 Å². The van der Waals surface area contributed by atoms with Gasteiger partial charge in [-0.05, 0) is 53.9 Å². The van der Waals surface area contributed by atoms with Gasteiger partial charge in [-0.15, -0.1) is 11.8 Å². The van der Waals surface area contributed by atoms with Gasteiger partial charge in [0.2, 0.25) is 5.91 Å². The van der Waals surface area contributed by atoms with Crippen LogP contribution in [-0.2, 0) is 17.8 Å². The number of thioether (sulfide) groups is 1. The normalized spacial score (nSPS) is 11.2. The maximum Gasteiger partial charge on any atom is 0.233 e. The van der Waals surface area contributed by atoms with Gasteiger partial charge in [0.1, 0.15) is 0 Å². The van der Waals surface area contributed by atoms with Gasteiger partial charge in [-0.1, -0.05) is 49.4 Å². The average molecular weight is 448 g/mol. The molecule has 31 heavy (non-hydrogen) atoms. The number of fused-ring (bicyclic) bond motifs is 1. The van der Waals surface area contributed by atoms with E-state index < -0.39 is 0 Å². The number of carbonyl (C=O) groups excluding carboxylic acids is 1. The Kier molecular flexibility index (Phi) is 6.68. The zero-order valence-corrected chi connectivity index (χ0v) is 19.5. The smallest absolute Gasteiger partial charge is 0.233 e. The van der Waals surface area contributed by atoms with Crippen LogP contribution in [0, 0.1) is 6.92 Å². The van der Waals surface area contributed by atoms with Crippen LogP contribution >= 0.6 is 23.1 Å². The molecule has 158 valence electrons. The van der Waals surface area contributed by atoms with Crippen LogP contribution in [0.2, 0.25) is 0 Å². The molecule has 0 atom stereocenters. The van der Waals surface area contributed by atoms with Crippen molar-refractivity contribution in [3.63, 3.8) is 0 Å². The summed E-state index contributed by atoms with van der Waals surface area (Å²) in [5.41, 5.74) is 4.10. The molecule has 4 aromatic rings. The Bertz CT molecular complexity index is 1170. The molecule has 0 radical (unpaired) electrons. The molecule has 0 N–H and O–H groups in total. The van der Waals surface area contributed by atoms with Gasteiger partial charge in [-0.25, -0.2) is 4.98 Å². The predicted molar refractivity (Wildman–Crippen MR) is 131 cm³/mol. The van der Waals surface area contributed by atoms with Gasteiger partial charge in [0.05, 0.1) is 23.2 Å². The maximum absolute atomic E-state index is 13.4. The minimum absolute atomic E-state index is 0.0314. The van der Waals surface area contributed by atoms with E-state index in [0.717, 1.165) is 26.5 Å². The molecule has 4 rings (SSSR count). The highest BCUT2D eigenvalue weighted by atomic mass is 32.2. The van der Waals surface area contributed by atoms with Crippen molar-refractivity contribution in [3.05, 3.63) is 83.7 Å². The Morgan fingerprint density at radius 3 is 2.61 bits per heavy atom. The molecule has 2 aromatic carbocycles. The summed E-state index contributed by atoms with van der Waals surface area (Å²) in [7, 11) is 0. The summed E-state index contributed by atoms with van der Waals surface area (Å²) in [6.07, 6.45) is 3.88. The number of aromatic nitrogens is 2. The number of thiazole rings is 1. The Morgan fingerprint density at radius 2 is 1.90 bits per heavy atom. The molecule has 2 aromatic heterocycles. The van der Waals surface area contributed by atoms with Crippen molar-refractivity contribution in [1.29, 1.82) is 0 Å². The highest BCUT2D eigenvalue weighted by Crippen LogP contribution is 2.31. The number of pyridine rings is 1. The van der Waals surface area contributed by atoms with E-state index in [2.05, 4.69) is 50.0 Å². The molecule has 6 heteroatoms. The fourth-order valence-corrected chi connectivity index (χ4v) is 5.22. The number of benzene rings is 2. The lowest BCUT2D eigenvalue weighted by Gasteiger charge is -2.20. The van der Waals surface area contributed by atoms with E-state index in [1.807, 2.05) is 42.1 Å². The molecule has 0 saturated carbocycles. The molecule has 0 aliphatic heterocycles. The lowest BCUT2D eigenvalue weighted by molar-refractivity contribution is -0.118. The topological polar surface area (TPSA) is 46.1 Å². The lowest BCUT2D eigenvalue weighted by Crippen LogP contribution is -2.31. The van der Waals surface area contributed by atoms with E-state index in [1.54, 1.807) is 28.6 Å². The summed E-state index contributed by atoms with van der Waals surface area (Å²) >= 11 is 3.38.